The van der Waals surface area contributed by atoms with Gasteiger partial charge in [-0.25, -0.2) is 0 Å². The lowest BCUT2D eigenvalue weighted by molar-refractivity contribution is 0.0548. The summed E-state index contributed by atoms with van der Waals surface area (Å²) in [6.07, 6.45) is 6.62. The minimum absolute atomic E-state index is 0.799. The molecule has 0 aromatic heterocycles. The Labute approximate surface area is 197 Å². The van der Waals surface area contributed by atoms with E-state index in [0.717, 1.165) is 65.3 Å². The molecule has 1 aliphatic carbocycles. The van der Waals surface area contributed by atoms with Gasteiger partial charge in [-0.15, -0.1) is 0 Å². The van der Waals surface area contributed by atoms with Crippen LogP contribution in [0.15, 0.2) is 76.5 Å². The predicted octanol–water partition coefficient (Wildman–Crippen LogP) is 4.57. The monoisotopic (exact) mass is 442 g/mol. The van der Waals surface area contributed by atoms with E-state index in [1.807, 2.05) is 0 Å². The van der Waals surface area contributed by atoms with Gasteiger partial charge in [0.15, 0.2) is 0 Å². The van der Waals surface area contributed by atoms with Crippen molar-refractivity contribution in [2.24, 2.45) is 5.10 Å². The van der Waals surface area contributed by atoms with Gasteiger partial charge in [0, 0.05) is 37.6 Å². The summed E-state index contributed by atoms with van der Waals surface area (Å²) in [6, 6.07) is 19.5. The van der Waals surface area contributed by atoms with Gasteiger partial charge in [0.25, 0.3) is 0 Å². The van der Waals surface area contributed by atoms with Gasteiger partial charge in [-0.1, -0.05) is 48.0 Å². The molecule has 0 spiro atoms. The number of rotatable bonds is 5. The number of hydrazone groups is 1. The number of nitrogens with zero attached hydrogens (tertiary/aromatic N) is 4. The van der Waals surface area contributed by atoms with Crippen molar-refractivity contribution in [2.45, 2.75) is 19.8 Å². The normalized spacial score (nSPS) is 21.0. The van der Waals surface area contributed by atoms with Gasteiger partial charge in [-0.3, -0.25) is 5.01 Å². The number of allylic oxidation sites excluding steroid dienone is 2. The van der Waals surface area contributed by atoms with Gasteiger partial charge in [-0.05, 0) is 54.7 Å². The Balaban J connectivity index is 1.30. The Bertz CT molecular complexity index is 1010. The highest BCUT2D eigenvalue weighted by Gasteiger charge is 2.26. The molecular formula is C28H34N4O. The van der Waals surface area contributed by atoms with E-state index >= 15 is 0 Å². The molecule has 0 amide bonds. The lowest BCUT2D eigenvalue weighted by Crippen LogP contribution is -2.44. The van der Waals surface area contributed by atoms with Gasteiger partial charge in [0.05, 0.1) is 32.5 Å². The summed E-state index contributed by atoms with van der Waals surface area (Å²) in [7, 11) is 0. The summed E-state index contributed by atoms with van der Waals surface area (Å²) < 4.78 is 5.63. The van der Waals surface area contributed by atoms with Crippen LogP contribution < -0.4 is 4.90 Å². The Morgan fingerprint density at radius 1 is 0.788 bits per heavy atom. The van der Waals surface area contributed by atoms with Crippen molar-refractivity contribution >= 4 is 18.0 Å². The SMILES string of the molecule is Cc1ccc(N2CCN(N=CC3=C(N4CCOCC4)/C(=C\c4ccccc4)CC3)CC2)cc1. The Hall–Kier alpha value is -3.05. The van der Waals surface area contributed by atoms with Crippen LogP contribution in [0.2, 0.25) is 0 Å². The first-order valence-electron chi connectivity index (χ1n) is 12.2. The zero-order valence-electron chi connectivity index (χ0n) is 19.6. The molecule has 0 bridgehead atoms. The summed E-state index contributed by atoms with van der Waals surface area (Å²) in [4.78, 5) is 4.96. The molecular weight excluding hydrogens is 408 g/mol. The summed E-state index contributed by atoms with van der Waals surface area (Å²) in [5, 5.41) is 7.16. The molecule has 5 rings (SSSR count). The van der Waals surface area contributed by atoms with Gasteiger partial charge in [0.2, 0.25) is 0 Å². The molecule has 2 saturated heterocycles. The number of morpholine rings is 1. The largest absolute Gasteiger partial charge is 0.378 e. The number of benzene rings is 2. The first kappa shape index (κ1) is 21.8. The zero-order chi connectivity index (χ0) is 22.5. The molecule has 5 nitrogen and oxygen atoms in total. The second-order valence-corrected chi connectivity index (χ2v) is 9.07. The van der Waals surface area contributed by atoms with Crippen LogP contribution in [0.4, 0.5) is 5.69 Å². The van der Waals surface area contributed by atoms with E-state index in [1.165, 1.54) is 33.7 Å². The van der Waals surface area contributed by atoms with Gasteiger partial charge >= 0.3 is 0 Å². The molecule has 0 unspecified atom stereocenters. The predicted molar refractivity (Wildman–Crippen MR) is 137 cm³/mol. The molecule has 2 aromatic carbocycles. The molecule has 0 N–H and O–H groups in total. The van der Waals surface area contributed by atoms with Crippen molar-refractivity contribution < 1.29 is 4.74 Å². The number of hydrogen-bond acceptors (Lipinski definition) is 5. The molecule has 33 heavy (non-hydrogen) atoms. The molecule has 0 saturated carbocycles. The fourth-order valence-electron chi connectivity index (χ4n) is 4.90. The van der Waals surface area contributed by atoms with Crippen molar-refractivity contribution in [1.29, 1.82) is 0 Å². The Kier molecular flexibility index (Phi) is 6.77. The average Bonchev–Trinajstić information content (AvgIpc) is 3.27. The third-order valence-electron chi connectivity index (χ3n) is 6.77. The first-order chi connectivity index (χ1) is 16.3. The third-order valence-corrected chi connectivity index (χ3v) is 6.77. The molecule has 5 heteroatoms. The van der Waals surface area contributed by atoms with Crippen molar-refractivity contribution in [3.63, 3.8) is 0 Å². The van der Waals surface area contributed by atoms with E-state index < -0.39 is 0 Å². The van der Waals surface area contributed by atoms with Crippen molar-refractivity contribution in [1.82, 2.24) is 9.91 Å². The van der Waals surface area contributed by atoms with E-state index in [4.69, 9.17) is 9.84 Å². The highest BCUT2D eigenvalue weighted by Crippen LogP contribution is 2.35. The van der Waals surface area contributed by atoms with E-state index in [0.29, 0.717) is 0 Å². The smallest absolute Gasteiger partial charge is 0.0642 e. The highest BCUT2D eigenvalue weighted by atomic mass is 16.5. The fourth-order valence-corrected chi connectivity index (χ4v) is 4.90. The van der Waals surface area contributed by atoms with Crippen molar-refractivity contribution in [3.05, 3.63) is 82.6 Å². The van der Waals surface area contributed by atoms with Crippen LogP contribution in [0.3, 0.4) is 0 Å². The van der Waals surface area contributed by atoms with E-state index in [2.05, 4.69) is 88.6 Å². The van der Waals surface area contributed by atoms with E-state index in [9.17, 15) is 0 Å². The minimum Gasteiger partial charge on any atom is -0.378 e. The molecule has 2 heterocycles. The van der Waals surface area contributed by atoms with Gasteiger partial charge in [0.1, 0.15) is 0 Å². The summed E-state index contributed by atoms with van der Waals surface area (Å²) in [6.45, 7) is 9.57. The summed E-state index contributed by atoms with van der Waals surface area (Å²) in [5.41, 5.74) is 8.05. The maximum absolute atomic E-state index is 5.63. The van der Waals surface area contributed by atoms with Gasteiger partial charge < -0.3 is 14.5 Å². The number of piperazine rings is 1. The molecule has 2 aliphatic heterocycles. The van der Waals surface area contributed by atoms with Crippen LogP contribution in [0, 0.1) is 6.92 Å². The lowest BCUT2D eigenvalue weighted by Gasteiger charge is -2.34. The summed E-state index contributed by atoms with van der Waals surface area (Å²) in [5.74, 6) is 0. The third kappa shape index (κ3) is 5.31. The van der Waals surface area contributed by atoms with Crippen LogP contribution in [0.5, 0.6) is 0 Å². The molecule has 2 fully saturated rings. The molecule has 172 valence electrons. The van der Waals surface area contributed by atoms with Crippen LogP contribution in [-0.4, -0.2) is 68.6 Å². The fraction of sp³-hybridized carbons (Fsp3) is 0.393. The molecule has 0 radical (unpaired) electrons. The number of aryl methyl sites for hydroxylation is 1. The standard InChI is InChI=1S/C28H34N4O/c1-23-7-11-27(12-8-23)30-13-15-32(16-14-30)29-22-26-10-9-25(21-24-5-3-2-4-6-24)28(26)31-17-19-33-20-18-31/h2-8,11-12,21-22H,9-10,13-20H2,1H3/b25-21-,29-22?. The van der Waals surface area contributed by atoms with Crippen LogP contribution >= 0.6 is 0 Å². The molecule has 0 atom stereocenters. The van der Waals surface area contributed by atoms with Crippen LogP contribution in [-0.2, 0) is 4.74 Å². The minimum atomic E-state index is 0.799. The maximum Gasteiger partial charge on any atom is 0.0642 e. The molecule has 2 aromatic rings. The van der Waals surface area contributed by atoms with Crippen molar-refractivity contribution in [3.8, 4) is 0 Å². The lowest BCUT2D eigenvalue weighted by atomic mass is 10.1. The summed E-state index contributed by atoms with van der Waals surface area (Å²) >= 11 is 0. The second kappa shape index (κ2) is 10.3. The molecule has 3 aliphatic rings. The highest BCUT2D eigenvalue weighted by molar-refractivity contribution is 5.83. The van der Waals surface area contributed by atoms with E-state index in [-0.39, 0.29) is 0 Å². The Morgan fingerprint density at radius 2 is 1.52 bits per heavy atom. The number of ether oxygens (including phenoxy) is 1. The maximum atomic E-state index is 5.63. The number of hydrogen-bond donors (Lipinski definition) is 0. The van der Waals surface area contributed by atoms with Crippen LogP contribution in [0.1, 0.15) is 24.0 Å². The average molecular weight is 443 g/mol. The zero-order valence-corrected chi connectivity index (χ0v) is 19.6. The quantitative estimate of drug-likeness (QED) is 0.635. The Morgan fingerprint density at radius 3 is 2.24 bits per heavy atom. The van der Waals surface area contributed by atoms with Gasteiger partial charge in [-0.2, -0.15) is 5.10 Å². The van der Waals surface area contributed by atoms with E-state index in [1.54, 1.807) is 0 Å². The topological polar surface area (TPSA) is 31.3 Å². The number of anilines is 1. The van der Waals surface area contributed by atoms with Crippen LogP contribution in [0.25, 0.3) is 6.08 Å². The second-order valence-electron chi connectivity index (χ2n) is 9.07. The first-order valence-corrected chi connectivity index (χ1v) is 12.2. The van der Waals surface area contributed by atoms with Crippen molar-refractivity contribution in [2.75, 3.05) is 57.4 Å².